The number of carbonyl (C=O) groups excluding carboxylic acids is 1. The Hall–Kier alpha value is -2.81. The van der Waals surface area contributed by atoms with Crippen molar-refractivity contribution in [2.75, 3.05) is 13.1 Å². The van der Waals surface area contributed by atoms with Crippen LogP contribution in [0.4, 0.5) is 8.78 Å². The minimum Gasteiger partial charge on any atom is -0.481 e. The molecule has 7 nitrogen and oxygen atoms in total. The summed E-state index contributed by atoms with van der Waals surface area (Å²) in [5.74, 6) is -3.55. The highest BCUT2D eigenvalue weighted by atomic mass is 19.1. The number of benzene rings is 1. The number of aromatic nitrogens is 1. The molecule has 2 aliphatic rings. The summed E-state index contributed by atoms with van der Waals surface area (Å²) < 4.78 is 32.9. The van der Waals surface area contributed by atoms with Crippen LogP contribution in [-0.4, -0.2) is 51.1 Å². The van der Waals surface area contributed by atoms with Gasteiger partial charge in [-0.05, 0) is 37.8 Å². The highest BCUT2D eigenvalue weighted by Crippen LogP contribution is 2.30. The number of carboxylic acid groups (broad SMARTS) is 1. The van der Waals surface area contributed by atoms with Crippen LogP contribution in [-0.2, 0) is 4.79 Å². The second-order valence-corrected chi connectivity index (χ2v) is 8.19. The number of hydrogen-bond donors (Lipinski definition) is 1. The second-order valence-electron chi connectivity index (χ2n) is 8.19. The van der Waals surface area contributed by atoms with Crippen LogP contribution < -0.4 is 0 Å². The van der Waals surface area contributed by atoms with Gasteiger partial charge < -0.3 is 9.52 Å². The minimum atomic E-state index is -0.870. The monoisotopic (exact) mass is 433 g/mol. The summed E-state index contributed by atoms with van der Waals surface area (Å²) >= 11 is 0. The lowest BCUT2D eigenvalue weighted by Crippen LogP contribution is -2.56. The fourth-order valence-electron chi connectivity index (χ4n) is 4.49. The van der Waals surface area contributed by atoms with Crippen LogP contribution in [0.2, 0.25) is 0 Å². The Morgan fingerprint density at radius 3 is 2.61 bits per heavy atom. The van der Waals surface area contributed by atoms with Gasteiger partial charge in [0.05, 0.1) is 17.7 Å². The number of carbonyl (C=O) groups is 2. The van der Waals surface area contributed by atoms with Crippen molar-refractivity contribution in [2.45, 2.75) is 51.0 Å². The molecule has 0 unspecified atom stereocenters. The molecule has 166 valence electrons. The maximum atomic E-state index is 14.1. The molecule has 1 saturated heterocycles. The Bertz CT molecular complexity index is 958. The van der Waals surface area contributed by atoms with Gasteiger partial charge in [-0.3, -0.25) is 14.6 Å². The molecule has 1 aromatic heterocycles. The fraction of sp³-hybridized carbons (Fsp3) is 0.500. The lowest BCUT2D eigenvalue weighted by Gasteiger charge is -2.44. The summed E-state index contributed by atoms with van der Waals surface area (Å²) in [7, 11) is 0. The van der Waals surface area contributed by atoms with Gasteiger partial charge >= 0.3 is 11.9 Å². The molecule has 1 aliphatic carbocycles. The Kier molecular flexibility index (Phi) is 6.31. The van der Waals surface area contributed by atoms with Gasteiger partial charge in [0.2, 0.25) is 0 Å². The van der Waals surface area contributed by atoms with Gasteiger partial charge in [0, 0.05) is 25.2 Å². The molecule has 4 rings (SSSR count). The van der Waals surface area contributed by atoms with Gasteiger partial charge in [-0.25, -0.2) is 18.8 Å². The van der Waals surface area contributed by atoms with Crippen LogP contribution in [0, 0.1) is 17.6 Å². The summed E-state index contributed by atoms with van der Waals surface area (Å²) in [4.78, 5) is 29.0. The van der Waals surface area contributed by atoms with Gasteiger partial charge in [0.1, 0.15) is 11.6 Å². The first-order valence-electron chi connectivity index (χ1n) is 10.7. The average Bonchev–Trinajstić information content (AvgIpc) is 3.25. The van der Waals surface area contributed by atoms with E-state index in [0.717, 1.165) is 44.2 Å². The smallest absolute Gasteiger partial charge is 0.324 e. The van der Waals surface area contributed by atoms with E-state index in [9.17, 15) is 23.5 Å². The number of hydrazine groups is 1. The van der Waals surface area contributed by atoms with E-state index < -0.39 is 29.4 Å². The highest BCUT2D eigenvalue weighted by Gasteiger charge is 2.37. The molecule has 0 bridgehead atoms. The molecule has 2 heterocycles. The van der Waals surface area contributed by atoms with Crippen molar-refractivity contribution in [1.29, 1.82) is 0 Å². The van der Waals surface area contributed by atoms with Crippen LogP contribution >= 0.6 is 0 Å². The Morgan fingerprint density at radius 1 is 1.13 bits per heavy atom. The molecule has 0 radical (unpaired) electrons. The third kappa shape index (κ3) is 4.61. The largest absolute Gasteiger partial charge is 0.481 e. The van der Waals surface area contributed by atoms with E-state index >= 15 is 0 Å². The number of piperidine rings is 1. The van der Waals surface area contributed by atoms with Gasteiger partial charge in [-0.15, -0.1) is 0 Å². The lowest BCUT2D eigenvalue weighted by molar-refractivity contribution is -0.147. The first kappa shape index (κ1) is 21.4. The molecular weight excluding hydrogens is 408 g/mol. The number of amides is 1. The van der Waals surface area contributed by atoms with Crippen molar-refractivity contribution in [2.24, 2.45) is 5.92 Å². The first-order valence-corrected chi connectivity index (χ1v) is 10.7. The van der Waals surface area contributed by atoms with Crippen LogP contribution in [0.5, 0.6) is 0 Å². The van der Waals surface area contributed by atoms with Gasteiger partial charge in [-0.1, -0.05) is 19.3 Å². The number of hydrogen-bond acceptors (Lipinski definition) is 5. The molecule has 31 heavy (non-hydrogen) atoms. The predicted molar refractivity (Wildman–Crippen MR) is 107 cm³/mol. The summed E-state index contributed by atoms with van der Waals surface area (Å²) in [6.45, 7) is 0.823. The minimum absolute atomic E-state index is 0.0149. The van der Waals surface area contributed by atoms with Crippen molar-refractivity contribution in [3.05, 3.63) is 41.9 Å². The highest BCUT2D eigenvalue weighted by molar-refractivity contribution is 5.90. The van der Waals surface area contributed by atoms with Gasteiger partial charge in [0.15, 0.2) is 5.76 Å². The zero-order valence-corrected chi connectivity index (χ0v) is 17.1. The molecule has 1 aliphatic heterocycles. The quantitative estimate of drug-likeness (QED) is 0.764. The average molecular weight is 433 g/mol. The summed E-state index contributed by atoms with van der Waals surface area (Å²) in [5, 5.41) is 12.9. The van der Waals surface area contributed by atoms with Crippen molar-refractivity contribution < 1.29 is 27.9 Å². The van der Waals surface area contributed by atoms with E-state index in [-0.39, 0.29) is 29.8 Å². The van der Waals surface area contributed by atoms with Gasteiger partial charge in [0.25, 0.3) is 5.89 Å². The maximum Gasteiger partial charge on any atom is 0.324 e. The molecule has 2 fully saturated rings. The topological polar surface area (TPSA) is 86.9 Å². The molecule has 1 amide bonds. The zero-order chi connectivity index (χ0) is 22.0. The Morgan fingerprint density at radius 2 is 1.90 bits per heavy atom. The second kappa shape index (κ2) is 9.13. The zero-order valence-electron chi connectivity index (χ0n) is 17.1. The fourth-order valence-corrected chi connectivity index (χ4v) is 4.49. The lowest BCUT2D eigenvalue weighted by atomic mass is 9.94. The Labute approximate surface area is 178 Å². The molecule has 1 aromatic carbocycles. The van der Waals surface area contributed by atoms with Crippen molar-refractivity contribution >= 4 is 11.9 Å². The van der Waals surface area contributed by atoms with Crippen LogP contribution in [0.25, 0.3) is 11.3 Å². The summed E-state index contributed by atoms with van der Waals surface area (Å²) in [5.41, 5.74) is 0.0149. The van der Waals surface area contributed by atoms with Crippen molar-refractivity contribution in [1.82, 2.24) is 15.0 Å². The number of carboxylic acids is 1. The molecular formula is C22H25F2N3O4. The van der Waals surface area contributed by atoms with E-state index in [1.807, 2.05) is 5.01 Å². The molecule has 1 atom stereocenters. The molecule has 2 aromatic rings. The van der Waals surface area contributed by atoms with Crippen molar-refractivity contribution in [3.8, 4) is 11.3 Å². The summed E-state index contributed by atoms with van der Waals surface area (Å²) in [6, 6.07) is 3.02. The maximum absolute atomic E-state index is 14.1. The van der Waals surface area contributed by atoms with E-state index in [1.165, 1.54) is 12.3 Å². The number of halogens is 2. The van der Waals surface area contributed by atoms with Crippen LogP contribution in [0.1, 0.15) is 55.6 Å². The van der Waals surface area contributed by atoms with Crippen LogP contribution in [0.3, 0.4) is 0 Å². The SMILES string of the molecule is O=C(O)[C@H]1CCCN(N(C(=O)c2ncc(-c3ccc(F)cc3F)o2)C2CCCCC2)C1. The van der Waals surface area contributed by atoms with Crippen molar-refractivity contribution in [3.63, 3.8) is 0 Å². The number of rotatable bonds is 5. The van der Waals surface area contributed by atoms with E-state index in [2.05, 4.69) is 4.98 Å². The number of oxazole rings is 1. The first-order chi connectivity index (χ1) is 14.9. The summed E-state index contributed by atoms with van der Waals surface area (Å²) in [6.07, 6.45) is 7.21. The number of aliphatic carboxylic acids is 1. The molecule has 9 heteroatoms. The number of nitrogens with zero attached hydrogens (tertiary/aromatic N) is 3. The van der Waals surface area contributed by atoms with Gasteiger partial charge in [-0.2, -0.15) is 0 Å². The van der Waals surface area contributed by atoms with Crippen LogP contribution in [0.15, 0.2) is 28.8 Å². The van der Waals surface area contributed by atoms with E-state index in [1.54, 1.807) is 5.01 Å². The normalized spacial score (nSPS) is 20.5. The van der Waals surface area contributed by atoms with E-state index in [4.69, 9.17) is 4.42 Å². The predicted octanol–water partition coefficient (Wildman–Crippen LogP) is 4.11. The molecule has 1 N–H and O–H groups in total. The molecule has 0 spiro atoms. The third-order valence-electron chi connectivity index (χ3n) is 6.07. The third-order valence-corrected chi connectivity index (χ3v) is 6.07. The van der Waals surface area contributed by atoms with E-state index in [0.29, 0.717) is 19.4 Å². The standard InChI is InChI=1S/C22H25F2N3O4/c23-15-8-9-17(18(24)11-15)19-12-25-20(31-19)21(28)27(16-6-2-1-3-7-16)26-10-4-5-14(13-26)22(29)30/h8-9,11-12,14,16H,1-7,10,13H2,(H,29,30)/t14-/m0/s1. The molecule has 1 saturated carbocycles. The Balaban J connectivity index is 1.61.